The number of hydroxylamine groups is 2. The van der Waals surface area contributed by atoms with Crippen molar-refractivity contribution >= 4 is 12.3 Å². The minimum Gasteiger partial charge on any atom is -0.335 e. The monoisotopic (exact) mass is 556 g/mol. The fourth-order valence-electron chi connectivity index (χ4n) is 6.36. The van der Waals surface area contributed by atoms with Gasteiger partial charge in [-0.2, -0.15) is 5.06 Å². The van der Waals surface area contributed by atoms with Crippen molar-refractivity contribution in [2.24, 2.45) is 11.8 Å². The first-order valence-corrected chi connectivity index (χ1v) is 15.9. The minimum atomic E-state index is -0.259. The lowest BCUT2D eigenvalue weighted by Crippen LogP contribution is -2.64. The molecule has 0 aromatic heterocycles. The Labute approximate surface area is 244 Å². The van der Waals surface area contributed by atoms with Gasteiger partial charge in [0, 0.05) is 12.6 Å². The fourth-order valence-corrected chi connectivity index (χ4v) is 6.36. The van der Waals surface area contributed by atoms with Gasteiger partial charge >= 0.3 is 0 Å². The molecule has 40 heavy (non-hydrogen) atoms. The predicted octanol–water partition coefficient (Wildman–Crippen LogP) is 5.59. The van der Waals surface area contributed by atoms with E-state index >= 15 is 0 Å². The van der Waals surface area contributed by atoms with Crippen molar-refractivity contribution in [3.63, 3.8) is 0 Å². The molecule has 1 saturated carbocycles. The second-order valence-electron chi connectivity index (χ2n) is 12.9. The molecule has 2 unspecified atom stereocenters. The van der Waals surface area contributed by atoms with E-state index in [-0.39, 0.29) is 30.8 Å². The van der Waals surface area contributed by atoms with Crippen molar-refractivity contribution in [1.29, 1.82) is 0 Å². The zero-order valence-corrected chi connectivity index (χ0v) is 26.0. The summed E-state index contributed by atoms with van der Waals surface area (Å²) in [5, 5.41) is 1.98. The maximum absolute atomic E-state index is 12.9. The van der Waals surface area contributed by atoms with E-state index in [1.54, 1.807) is 4.90 Å². The molecular weight excluding hydrogens is 500 g/mol. The second kappa shape index (κ2) is 17.1. The first kappa shape index (κ1) is 32.6. The molecule has 3 aliphatic rings. The molecule has 2 aliphatic heterocycles. The van der Waals surface area contributed by atoms with Crippen LogP contribution in [0.3, 0.4) is 0 Å². The maximum Gasteiger partial charge on any atom is 0.242 e. The van der Waals surface area contributed by atoms with Gasteiger partial charge in [-0.25, -0.2) is 0 Å². The molecule has 0 bridgehead atoms. The molecule has 0 spiro atoms. The summed E-state index contributed by atoms with van der Waals surface area (Å²) in [6.45, 7) is 12.2. The van der Waals surface area contributed by atoms with Crippen LogP contribution in [0.5, 0.6) is 0 Å². The molecule has 0 radical (unpaired) electrons. The van der Waals surface area contributed by atoms with Crippen molar-refractivity contribution in [3.8, 4) is 0 Å². The number of amides is 2. The highest BCUT2D eigenvalue weighted by Crippen LogP contribution is 2.24. The van der Waals surface area contributed by atoms with Gasteiger partial charge in [-0.15, -0.1) is 0 Å². The van der Waals surface area contributed by atoms with Gasteiger partial charge in [-0.3, -0.25) is 14.4 Å². The highest BCUT2D eigenvalue weighted by Gasteiger charge is 2.39. The van der Waals surface area contributed by atoms with Crippen molar-refractivity contribution in [3.05, 3.63) is 35.9 Å². The maximum atomic E-state index is 12.9. The predicted molar refractivity (Wildman–Crippen MR) is 163 cm³/mol. The van der Waals surface area contributed by atoms with E-state index in [0.717, 1.165) is 57.5 Å². The van der Waals surface area contributed by atoms with E-state index in [1.165, 1.54) is 37.7 Å². The summed E-state index contributed by atoms with van der Waals surface area (Å²) in [4.78, 5) is 37.3. The second-order valence-corrected chi connectivity index (χ2v) is 12.9. The van der Waals surface area contributed by atoms with Gasteiger partial charge in [0.15, 0.2) is 0 Å². The number of hydrogen-bond donors (Lipinski definition) is 0. The van der Waals surface area contributed by atoms with Crippen molar-refractivity contribution in [2.75, 3.05) is 39.8 Å². The van der Waals surface area contributed by atoms with Crippen LogP contribution in [0, 0.1) is 11.8 Å². The van der Waals surface area contributed by atoms with Crippen LogP contribution < -0.4 is 0 Å². The number of aryl methyl sites for hydroxylation is 1. The molecule has 3 fully saturated rings. The highest BCUT2D eigenvalue weighted by atomic mass is 16.7. The molecule has 1 aliphatic carbocycles. The van der Waals surface area contributed by atoms with E-state index < -0.39 is 0 Å². The largest absolute Gasteiger partial charge is 0.335 e. The van der Waals surface area contributed by atoms with Gasteiger partial charge in [-0.1, -0.05) is 83.2 Å². The van der Waals surface area contributed by atoms with Crippen LogP contribution in [-0.4, -0.2) is 90.2 Å². The standard InChI is InChI=1S/C26H42N4O3.C7H14/c1-21(2)17-22(3)33-30(14-8-11-23-9-6-5-7-10-23)25-18-29(26(32)19-28(25)20-31)24-12-15-27(4)16-13-24;1-7-5-3-2-4-6-7/h5-7,9-10,20-22,24-25H,8,11-19H2,1-4H3;7H,2-6H2,1H3. The zero-order chi connectivity index (χ0) is 28.9. The summed E-state index contributed by atoms with van der Waals surface area (Å²) in [7, 11) is 2.13. The summed E-state index contributed by atoms with van der Waals surface area (Å²) in [6, 6.07) is 10.7. The van der Waals surface area contributed by atoms with Gasteiger partial charge in [0.25, 0.3) is 0 Å². The Morgan fingerprint density at radius 1 is 1.02 bits per heavy atom. The van der Waals surface area contributed by atoms with E-state index in [4.69, 9.17) is 4.84 Å². The first-order chi connectivity index (χ1) is 19.3. The molecule has 2 heterocycles. The topological polar surface area (TPSA) is 56.3 Å². The molecule has 1 aromatic carbocycles. The van der Waals surface area contributed by atoms with E-state index in [1.807, 2.05) is 16.0 Å². The normalized spacial score (nSPS) is 22.4. The molecule has 2 saturated heterocycles. The fraction of sp³-hybridized carbons (Fsp3) is 0.758. The van der Waals surface area contributed by atoms with Gasteiger partial charge in [-0.05, 0) is 76.6 Å². The number of hydrogen-bond acceptors (Lipinski definition) is 5. The zero-order valence-electron chi connectivity index (χ0n) is 26.0. The molecule has 226 valence electrons. The van der Waals surface area contributed by atoms with Crippen molar-refractivity contribution in [1.82, 2.24) is 19.8 Å². The Bertz CT molecular complexity index is 853. The smallest absolute Gasteiger partial charge is 0.242 e. The number of rotatable bonds is 11. The Morgan fingerprint density at radius 3 is 2.27 bits per heavy atom. The third kappa shape index (κ3) is 10.8. The van der Waals surface area contributed by atoms with Crippen molar-refractivity contribution in [2.45, 2.75) is 110 Å². The molecule has 1 aromatic rings. The van der Waals surface area contributed by atoms with Gasteiger partial charge < -0.3 is 14.7 Å². The van der Waals surface area contributed by atoms with Crippen LogP contribution in [0.15, 0.2) is 30.3 Å². The SMILES string of the molecule is CC(C)CC(C)ON(CCCc1ccccc1)C1CN(C2CCN(C)CC2)C(=O)CN1C=O.CC1CCCCC1. The Hall–Kier alpha value is -1.96. The number of benzene rings is 1. The summed E-state index contributed by atoms with van der Waals surface area (Å²) in [5.41, 5.74) is 1.30. The summed E-state index contributed by atoms with van der Waals surface area (Å²) in [6.07, 6.45) is 12.8. The summed E-state index contributed by atoms with van der Waals surface area (Å²) < 4.78 is 0. The molecular formula is C33H56N4O3. The number of nitrogens with zero attached hydrogens (tertiary/aromatic N) is 4. The van der Waals surface area contributed by atoms with E-state index in [9.17, 15) is 9.59 Å². The van der Waals surface area contributed by atoms with Crippen LogP contribution in [0.2, 0.25) is 0 Å². The minimum absolute atomic E-state index is 0.0460. The Balaban J connectivity index is 0.000000547. The van der Waals surface area contributed by atoms with Crippen molar-refractivity contribution < 1.29 is 14.4 Å². The third-order valence-electron chi connectivity index (χ3n) is 8.68. The number of piperazine rings is 1. The van der Waals surface area contributed by atoms with E-state index in [0.29, 0.717) is 19.0 Å². The number of carbonyl (C=O) groups is 2. The molecule has 2 amide bonds. The molecule has 0 N–H and O–H groups in total. The van der Waals surface area contributed by atoms with Crippen LogP contribution >= 0.6 is 0 Å². The van der Waals surface area contributed by atoms with Crippen LogP contribution in [-0.2, 0) is 20.8 Å². The van der Waals surface area contributed by atoms with Crippen LogP contribution in [0.25, 0.3) is 0 Å². The number of carbonyl (C=O) groups excluding carboxylic acids is 2. The average molecular weight is 557 g/mol. The lowest BCUT2D eigenvalue weighted by atomic mass is 9.91. The average Bonchev–Trinajstić information content (AvgIpc) is 2.94. The summed E-state index contributed by atoms with van der Waals surface area (Å²) in [5.74, 6) is 1.61. The van der Waals surface area contributed by atoms with Gasteiger partial charge in [0.2, 0.25) is 12.3 Å². The molecule has 4 rings (SSSR count). The molecule has 2 atom stereocenters. The van der Waals surface area contributed by atoms with Gasteiger partial charge in [0.05, 0.1) is 12.6 Å². The number of piperidine rings is 1. The Morgan fingerprint density at radius 2 is 1.70 bits per heavy atom. The third-order valence-corrected chi connectivity index (χ3v) is 8.68. The Kier molecular flexibility index (Phi) is 13.9. The van der Waals surface area contributed by atoms with Gasteiger partial charge in [0.1, 0.15) is 12.7 Å². The van der Waals surface area contributed by atoms with E-state index in [2.05, 4.69) is 63.9 Å². The lowest BCUT2D eigenvalue weighted by molar-refractivity contribution is -0.252. The number of likely N-dealkylation sites (tertiary alicyclic amines) is 1. The van der Waals surface area contributed by atoms with Crippen LogP contribution in [0.1, 0.15) is 91.0 Å². The molecule has 7 heteroatoms. The summed E-state index contributed by atoms with van der Waals surface area (Å²) >= 11 is 0. The first-order valence-electron chi connectivity index (χ1n) is 15.9. The molecule has 7 nitrogen and oxygen atoms in total. The van der Waals surface area contributed by atoms with Crippen LogP contribution in [0.4, 0.5) is 0 Å². The highest BCUT2D eigenvalue weighted by molar-refractivity contribution is 5.81. The quantitative estimate of drug-likeness (QED) is 0.263. The lowest BCUT2D eigenvalue weighted by Gasteiger charge is -2.48.